The van der Waals surface area contributed by atoms with Crippen LogP contribution in [-0.2, 0) is 6.54 Å². The molecule has 0 bridgehead atoms. The van der Waals surface area contributed by atoms with Crippen molar-refractivity contribution in [2.45, 2.75) is 25.3 Å². The van der Waals surface area contributed by atoms with Gasteiger partial charge in [0, 0.05) is 43.4 Å². The van der Waals surface area contributed by atoms with Crippen molar-refractivity contribution in [3.05, 3.63) is 54.9 Å². The number of aromatic nitrogens is 6. The van der Waals surface area contributed by atoms with Crippen molar-refractivity contribution < 1.29 is 0 Å². The van der Waals surface area contributed by atoms with Crippen molar-refractivity contribution in [3.63, 3.8) is 0 Å². The number of imidazole rings is 1. The Morgan fingerprint density at radius 1 is 1.08 bits per heavy atom. The summed E-state index contributed by atoms with van der Waals surface area (Å²) in [4.78, 5) is 27.2. The van der Waals surface area contributed by atoms with Crippen LogP contribution in [0.2, 0.25) is 0 Å². The number of hydrogen-bond acceptors (Lipinski definition) is 7. The predicted molar refractivity (Wildman–Crippen MR) is 93.2 cm³/mol. The van der Waals surface area contributed by atoms with Gasteiger partial charge < -0.3 is 10.3 Å². The first-order chi connectivity index (χ1) is 12.4. The van der Waals surface area contributed by atoms with Crippen LogP contribution in [0.5, 0.6) is 0 Å². The lowest BCUT2D eigenvalue weighted by Gasteiger charge is -2.31. The molecule has 4 rings (SSSR count). The van der Waals surface area contributed by atoms with Crippen LogP contribution >= 0.6 is 0 Å². The molecule has 3 aromatic heterocycles. The lowest BCUT2D eigenvalue weighted by Crippen LogP contribution is -2.34. The van der Waals surface area contributed by atoms with Crippen LogP contribution in [0.3, 0.4) is 0 Å². The predicted octanol–water partition coefficient (Wildman–Crippen LogP) is 2.11. The molecule has 25 heavy (non-hydrogen) atoms. The molecule has 128 valence electrons. The van der Waals surface area contributed by atoms with Crippen LogP contribution in [0.15, 0.2) is 43.4 Å². The molecule has 0 saturated carbocycles. The molecule has 1 saturated heterocycles. The summed E-state index contributed by atoms with van der Waals surface area (Å²) < 4.78 is 0. The highest BCUT2D eigenvalue weighted by Gasteiger charge is 2.23. The smallest absolute Gasteiger partial charge is 0.150 e. The molecule has 8 heteroatoms. The second-order valence-electron chi connectivity index (χ2n) is 6.15. The van der Waals surface area contributed by atoms with Crippen LogP contribution < -0.4 is 5.32 Å². The largest absolute Gasteiger partial charge is 0.348 e. The van der Waals surface area contributed by atoms with Gasteiger partial charge in [0.15, 0.2) is 0 Å². The molecule has 3 aromatic rings. The summed E-state index contributed by atoms with van der Waals surface area (Å²) in [7, 11) is 0. The number of nitrogens with one attached hydrogen (secondary N) is 2. The summed E-state index contributed by atoms with van der Waals surface area (Å²) in [5, 5.41) is 3.16. The SMILES string of the molecule is c1cnc(Nc2cncc([C@H]3CCCN(Cc4ncc[nH]4)C3)n2)cn1. The molecule has 2 N–H and O–H groups in total. The average Bonchev–Trinajstić information content (AvgIpc) is 3.16. The number of H-pyrrole nitrogens is 1. The van der Waals surface area contributed by atoms with Crippen molar-refractivity contribution >= 4 is 11.6 Å². The van der Waals surface area contributed by atoms with Crippen LogP contribution in [0.25, 0.3) is 0 Å². The Labute approximate surface area is 145 Å². The van der Waals surface area contributed by atoms with E-state index in [9.17, 15) is 0 Å². The summed E-state index contributed by atoms with van der Waals surface area (Å²) in [6, 6.07) is 0. The van der Waals surface area contributed by atoms with E-state index in [2.05, 4.69) is 35.1 Å². The number of nitrogens with zero attached hydrogens (tertiary/aromatic N) is 6. The van der Waals surface area contributed by atoms with Crippen molar-refractivity contribution in [1.82, 2.24) is 34.8 Å². The third-order valence-corrected chi connectivity index (χ3v) is 4.32. The van der Waals surface area contributed by atoms with E-state index in [1.54, 1.807) is 31.0 Å². The van der Waals surface area contributed by atoms with Gasteiger partial charge in [-0.1, -0.05) is 0 Å². The van der Waals surface area contributed by atoms with Gasteiger partial charge in [-0.05, 0) is 19.4 Å². The lowest BCUT2D eigenvalue weighted by atomic mass is 9.95. The number of anilines is 2. The van der Waals surface area contributed by atoms with Gasteiger partial charge in [0.05, 0.1) is 24.6 Å². The number of likely N-dealkylation sites (tertiary alicyclic amines) is 1. The van der Waals surface area contributed by atoms with Crippen molar-refractivity contribution in [1.29, 1.82) is 0 Å². The molecule has 4 heterocycles. The molecule has 1 aliphatic heterocycles. The first kappa shape index (κ1) is 15.6. The normalized spacial score (nSPS) is 18.2. The van der Waals surface area contributed by atoms with Gasteiger partial charge in [-0.15, -0.1) is 0 Å². The number of rotatable bonds is 5. The highest BCUT2D eigenvalue weighted by molar-refractivity contribution is 5.48. The first-order valence-corrected chi connectivity index (χ1v) is 8.42. The van der Waals surface area contributed by atoms with Crippen LogP contribution in [0, 0.1) is 0 Å². The highest BCUT2D eigenvalue weighted by Crippen LogP contribution is 2.26. The Morgan fingerprint density at radius 2 is 2.04 bits per heavy atom. The third kappa shape index (κ3) is 3.97. The second-order valence-corrected chi connectivity index (χ2v) is 6.15. The number of hydrogen-bond donors (Lipinski definition) is 2. The molecule has 0 unspecified atom stereocenters. The van der Waals surface area contributed by atoms with E-state index in [0.717, 1.165) is 44.0 Å². The molecular weight excluding hydrogens is 316 g/mol. The van der Waals surface area contributed by atoms with E-state index in [4.69, 9.17) is 4.98 Å². The Morgan fingerprint density at radius 3 is 2.88 bits per heavy atom. The Balaban J connectivity index is 1.44. The summed E-state index contributed by atoms with van der Waals surface area (Å²) in [6.45, 7) is 2.89. The minimum absolute atomic E-state index is 0.375. The highest BCUT2D eigenvalue weighted by atomic mass is 15.2. The average molecular weight is 336 g/mol. The number of aromatic amines is 1. The maximum absolute atomic E-state index is 4.73. The van der Waals surface area contributed by atoms with Gasteiger partial charge in [-0.2, -0.15) is 0 Å². The zero-order chi connectivity index (χ0) is 16.9. The molecule has 0 spiro atoms. The van der Waals surface area contributed by atoms with E-state index in [1.807, 2.05) is 12.4 Å². The summed E-state index contributed by atoms with van der Waals surface area (Å²) in [6.07, 6.45) is 14.5. The summed E-state index contributed by atoms with van der Waals surface area (Å²) in [5.74, 6) is 2.74. The maximum Gasteiger partial charge on any atom is 0.150 e. The Bertz CT molecular complexity index is 789. The standard InChI is InChI=1S/C17H20N8/c1-2-13(11-25(7-1)12-17-21-5-6-22-17)14-8-19-10-16(23-14)24-15-9-18-3-4-20-15/h3-6,8-10,13H,1-2,7,11-12H2,(H,21,22)(H,20,23,24)/t13-/m0/s1. The fraction of sp³-hybridized carbons (Fsp3) is 0.353. The second kappa shape index (κ2) is 7.35. The van der Waals surface area contributed by atoms with E-state index in [-0.39, 0.29) is 0 Å². The zero-order valence-corrected chi connectivity index (χ0v) is 13.8. The van der Waals surface area contributed by atoms with Crippen LogP contribution in [0.4, 0.5) is 11.6 Å². The molecule has 0 radical (unpaired) electrons. The topological polar surface area (TPSA) is 95.5 Å². The number of piperidine rings is 1. The fourth-order valence-corrected chi connectivity index (χ4v) is 3.17. The molecule has 8 nitrogen and oxygen atoms in total. The van der Waals surface area contributed by atoms with Crippen LogP contribution in [0.1, 0.15) is 30.3 Å². The van der Waals surface area contributed by atoms with Gasteiger partial charge in [0.1, 0.15) is 17.5 Å². The molecule has 0 amide bonds. The first-order valence-electron chi connectivity index (χ1n) is 8.42. The van der Waals surface area contributed by atoms with E-state index >= 15 is 0 Å². The van der Waals surface area contributed by atoms with Crippen LogP contribution in [-0.4, -0.2) is 47.9 Å². The van der Waals surface area contributed by atoms with Gasteiger partial charge >= 0.3 is 0 Å². The monoisotopic (exact) mass is 336 g/mol. The van der Waals surface area contributed by atoms with Gasteiger partial charge in [0.2, 0.25) is 0 Å². The summed E-state index contributed by atoms with van der Waals surface area (Å²) in [5.41, 5.74) is 1.01. The lowest BCUT2D eigenvalue weighted by molar-refractivity contribution is 0.194. The van der Waals surface area contributed by atoms with Gasteiger partial charge in [-0.25, -0.2) is 15.0 Å². The quantitative estimate of drug-likeness (QED) is 0.736. The summed E-state index contributed by atoms with van der Waals surface area (Å²) >= 11 is 0. The zero-order valence-electron chi connectivity index (χ0n) is 13.8. The molecule has 0 aromatic carbocycles. The van der Waals surface area contributed by atoms with Crippen molar-refractivity contribution in [2.24, 2.45) is 0 Å². The third-order valence-electron chi connectivity index (χ3n) is 4.32. The fourth-order valence-electron chi connectivity index (χ4n) is 3.17. The Hall–Kier alpha value is -2.87. The van der Waals surface area contributed by atoms with E-state index in [1.165, 1.54) is 0 Å². The minimum Gasteiger partial charge on any atom is -0.348 e. The van der Waals surface area contributed by atoms with E-state index in [0.29, 0.717) is 17.6 Å². The molecule has 1 aliphatic rings. The molecule has 1 atom stereocenters. The molecular formula is C17H20N8. The molecule has 0 aliphatic carbocycles. The minimum atomic E-state index is 0.375. The molecule has 1 fully saturated rings. The van der Waals surface area contributed by atoms with Gasteiger partial charge in [-0.3, -0.25) is 14.9 Å². The van der Waals surface area contributed by atoms with Crippen molar-refractivity contribution in [2.75, 3.05) is 18.4 Å². The Kier molecular flexibility index (Phi) is 4.60. The maximum atomic E-state index is 4.73. The van der Waals surface area contributed by atoms with Crippen molar-refractivity contribution in [3.8, 4) is 0 Å². The van der Waals surface area contributed by atoms with Gasteiger partial charge in [0.25, 0.3) is 0 Å². The van der Waals surface area contributed by atoms with E-state index < -0.39 is 0 Å².